The van der Waals surface area contributed by atoms with Crippen LogP contribution in [-0.4, -0.2) is 91.2 Å². The number of amides is 1. The highest BCUT2D eigenvalue weighted by Gasteiger charge is 2.23. The second-order valence-corrected chi connectivity index (χ2v) is 11.6. The Kier molecular flexibility index (Phi) is 10.2. The second kappa shape index (κ2) is 15.3. The Morgan fingerprint density at radius 2 is 1.74 bits per heavy atom. The number of piperazine rings is 1. The molecular weight excluding hydrogens is 645 g/mol. The van der Waals surface area contributed by atoms with Gasteiger partial charge < -0.3 is 35.7 Å². The lowest BCUT2D eigenvalue weighted by Gasteiger charge is -2.33. The zero-order valence-electron chi connectivity index (χ0n) is 27.1. The van der Waals surface area contributed by atoms with Gasteiger partial charge in [0, 0.05) is 44.8 Å². The van der Waals surface area contributed by atoms with Crippen LogP contribution in [0, 0.1) is 17.1 Å². The van der Waals surface area contributed by atoms with Crippen molar-refractivity contribution in [1.29, 1.82) is 5.26 Å². The number of rotatable bonds is 12. The van der Waals surface area contributed by atoms with Gasteiger partial charge in [-0.25, -0.2) is 19.0 Å². The number of nitriles is 1. The maximum absolute atomic E-state index is 13.7. The van der Waals surface area contributed by atoms with Crippen LogP contribution >= 0.6 is 0 Å². The topological polar surface area (TPSA) is 197 Å². The Morgan fingerprint density at radius 1 is 0.980 bits per heavy atom. The molecule has 3 heterocycles. The quantitative estimate of drug-likeness (QED) is 0.118. The Hall–Kier alpha value is -6.34. The predicted octanol–water partition coefficient (Wildman–Crippen LogP) is 4.11. The third-order valence-corrected chi connectivity index (χ3v) is 8.09. The molecule has 1 saturated heterocycles. The molecule has 0 radical (unpaired) electrons. The number of fused-ring (bicyclic) bond motifs is 1. The minimum atomic E-state index is -0.906. The molecule has 0 saturated carbocycles. The average Bonchev–Trinajstić information content (AvgIpc) is 3.53. The van der Waals surface area contributed by atoms with E-state index in [9.17, 15) is 19.1 Å². The number of methoxy groups -OCH3 is 1. The molecule has 16 heteroatoms. The van der Waals surface area contributed by atoms with Crippen molar-refractivity contribution in [3.05, 3.63) is 95.1 Å². The highest BCUT2D eigenvalue weighted by molar-refractivity contribution is 5.79. The Morgan fingerprint density at radius 3 is 2.48 bits per heavy atom. The monoisotopic (exact) mass is 679 g/mol. The summed E-state index contributed by atoms with van der Waals surface area (Å²) in [5, 5.41) is 27.8. The fourth-order valence-corrected chi connectivity index (χ4v) is 5.53. The molecule has 5 N–H and O–H groups in total. The number of benzene rings is 3. The van der Waals surface area contributed by atoms with Crippen LogP contribution in [0.5, 0.6) is 0 Å². The largest absolute Gasteiger partial charge is 0.467 e. The van der Waals surface area contributed by atoms with Gasteiger partial charge in [0.05, 0.1) is 36.3 Å². The highest BCUT2D eigenvalue weighted by Crippen LogP contribution is 2.21. The first kappa shape index (κ1) is 33.6. The van der Waals surface area contributed by atoms with Gasteiger partial charge in [-0.15, -0.1) is 0 Å². The standard InChI is InChI=1S/C34H34FN11O4/c1-50-30(47)28(16-21-5-7-22(18-36)8-6-21)41-33-43-31(37-19-29-39-26-10-9-24(35)17-27(26)40-29)42-32(44-33)38-25-4-2-3-23(15-25)20-45-11-13-46(14-12-45)34(48)49/h2-10,15,17,28H,11-14,16,19-20H2,1H3,(H,39,40)(H,48,49)(H3,37,38,41,42,43,44)/t28-/m1/s1. The maximum atomic E-state index is 13.7. The van der Waals surface area contributed by atoms with Gasteiger partial charge in [-0.05, 0) is 53.6 Å². The summed E-state index contributed by atoms with van der Waals surface area (Å²) in [6, 6.07) is 20.1. The number of nitrogens with one attached hydrogen (secondary N) is 4. The molecule has 256 valence electrons. The molecule has 0 aliphatic carbocycles. The zero-order valence-corrected chi connectivity index (χ0v) is 27.1. The van der Waals surface area contributed by atoms with Gasteiger partial charge in [-0.2, -0.15) is 20.2 Å². The van der Waals surface area contributed by atoms with E-state index in [4.69, 9.17) is 10.00 Å². The van der Waals surface area contributed by atoms with Crippen LogP contribution in [-0.2, 0) is 29.0 Å². The average molecular weight is 680 g/mol. The number of aromatic nitrogens is 5. The molecule has 1 aliphatic heterocycles. The van der Waals surface area contributed by atoms with Gasteiger partial charge in [-0.1, -0.05) is 24.3 Å². The number of nitrogens with zero attached hydrogens (tertiary/aromatic N) is 7. The summed E-state index contributed by atoms with van der Waals surface area (Å²) in [5.74, 6) is 0.0612. The van der Waals surface area contributed by atoms with E-state index >= 15 is 0 Å². The van der Waals surface area contributed by atoms with Crippen LogP contribution in [0.3, 0.4) is 0 Å². The van der Waals surface area contributed by atoms with E-state index in [-0.39, 0.29) is 36.6 Å². The number of hydrogen-bond acceptors (Lipinski definition) is 12. The van der Waals surface area contributed by atoms with Gasteiger partial charge in [0.15, 0.2) is 0 Å². The van der Waals surface area contributed by atoms with Crippen molar-refractivity contribution in [2.45, 2.75) is 25.6 Å². The summed E-state index contributed by atoms with van der Waals surface area (Å²) in [6.45, 7) is 2.97. The van der Waals surface area contributed by atoms with E-state index in [1.165, 1.54) is 24.1 Å². The predicted molar refractivity (Wildman–Crippen MR) is 182 cm³/mol. The number of aromatic amines is 1. The smallest absolute Gasteiger partial charge is 0.407 e. The number of carboxylic acid groups (broad SMARTS) is 1. The van der Waals surface area contributed by atoms with E-state index in [1.807, 2.05) is 24.3 Å². The van der Waals surface area contributed by atoms with Gasteiger partial charge in [0.1, 0.15) is 17.7 Å². The summed E-state index contributed by atoms with van der Waals surface area (Å²) in [4.78, 5) is 48.9. The van der Waals surface area contributed by atoms with E-state index in [2.05, 4.69) is 51.8 Å². The second-order valence-electron chi connectivity index (χ2n) is 11.6. The lowest BCUT2D eigenvalue weighted by molar-refractivity contribution is -0.141. The van der Waals surface area contributed by atoms with Gasteiger partial charge in [-0.3, -0.25) is 4.90 Å². The van der Waals surface area contributed by atoms with Crippen LogP contribution in [0.2, 0.25) is 0 Å². The van der Waals surface area contributed by atoms with Crippen molar-refractivity contribution < 1.29 is 23.8 Å². The van der Waals surface area contributed by atoms with Crippen LogP contribution in [0.4, 0.5) is 32.7 Å². The summed E-state index contributed by atoms with van der Waals surface area (Å²) >= 11 is 0. The molecule has 6 rings (SSSR count). The molecule has 3 aromatic carbocycles. The number of carbonyl (C=O) groups is 2. The first-order valence-electron chi connectivity index (χ1n) is 15.8. The molecule has 0 spiro atoms. The number of esters is 1. The minimum Gasteiger partial charge on any atom is -0.467 e. The number of hydrogen-bond donors (Lipinski definition) is 5. The van der Waals surface area contributed by atoms with Crippen molar-refractivity contribution in [3.63, 3.8) is 0 Å². The summed E-state index contributed by atoms with van der Waals surface area (Å²) in [6.07, 6.45) is -0.676. The van der Waals surface area contributed by atoms with E-state index < -0.39 is 18.1 Å². The van der Waals surface area contributed by atoms with Crippen molar-refractivity contribution in [2.75, 3.05) is 49.2 Å². The van der Waals surface area contributed by atoms with Crippen LogP contribution in [0.1, 0.15) is 22.5 Å². The summed E-state index contributed by atoms with van der Waals surface area (Å²) < 4.78 is 18.8. The summed E-state index contributed by atoms with van der Waals surface area (Å²) in [5.41, 5.74) is 4.17. The fourth-order valence-electron chi connectivity index (χ4n) is 5.53. The SMILES string of the molecule is COC(=O)[C@@H](Cc1ccc(C#N)cc1)Nc1nc(NCc2nc3ccc(F)cc3[nH]2)nc(Nc2cccc(CN3CCN(C(=O)O)CC3)c2)n1. The van der Waals surface area contributed by atoms with Gasteiger partial charge >= 0.3 is 12.1 Å². The molecule has 15 nitrogen and oxygen atoms in total. The number of ether oxygens (including phenoxy) is 1. The van der Waals surface area contributed by atoms with Crippen LogP contribution < -0.4 is 16.0 Å². The van der Waals surface area contributed by atoms with Crippen molar-refractivity contribution in [1.82, 2.24) is 34.7 Å². The molecule has 0 unspecified atom stereocenters. The Labute approximate surface area is 286 Å². The maximum Gasteiger partial charge on any atom is 0.407 e. The Bertz CT molecular complexity index is 2020. The van der Waals surface area contributed by atoms with Crippen LogP contribution in [0.25, 0.3) is 11.0 Å². The fraction of sp³-hybridized carbons (Fsp3) is 0.265. The van der Waals surface area contributed by atoms with Gasteiger partial charge in [0.25, 0.3) is 0 Å². The molecular formula is C34H34FN11O4. The normalized spacial score (nSPS) is 13.7. The third-order valence-electron chi connectivity index (χ3n) is 8.09. The zero-order chi connectivity index (χ0) is 35.0. The van der Waals surface area contributed by atoms with E-state index in [0.717, 1.165) is 11.1 Å². The number of H-pyrrole nitrogens is 1. The van der Waals surface area contributed by atoms with E-state index in [1.54, 1.807) is 30.3 Å². The van der Waals surface area contributed by atoms with Crippen molar-refractivity contribution in [2.24, 2.45) is 0 Å². The number of anilines is 4. The lowest BCUT2D eigenvalue weighted by atomic mass is 10.0. The van der Waals surface area contributed by atoms with Crippen LogP contribution in [0.15, 0.2) is 66.7 Å². The summed E-state index contributed by atoms with van der Waals surface area (Å²) in [7, 11) is 1.29. The minimum absolute atomic E-state index is 0.0909. The lowest BCUT2D eigenvalue weighted by Crippen LogP contribution is -2.47. The molecule has 1 atom stereocenters. The molecule has 1 fully saturated rings. The number of carbonyl (C=O) groups excluding carboxylic acids is 1. The molecule has 2 aromatic heterocycles. The van der Waals surface area contributed by atoms with Gasteiger partial charge in [0.2, 0.25) is 17.8 Å². The highest BCUT2D eigenvalue weighted by atomic mass is 19.1. The van der Waals surface area contributed by atoms with E-state index in [0.29, 0.717) is 60.8 Å². The van der Waals surface area contributed by atoms with Crippen molar-refractivity contribution in [3.8, 4) is 6.07 Å². The first-order valence-corrected chi connectivity index (χ1v) is 15.8. The van der Waals surface area contributed by atoms with Crippen molar-refractivity contribution >= 4 is 46.6 Å². The molecule has 5 aromatic rings. The number of imidazole rings is 1. The molecule has 0 bridgehead atoms. The Balaban J connectivity index is 1.23. The molecule has 1 aliphatic rings. The number of halogens is 1. The molecule has 1 amide bonds. The third kappa shape index (κ3) is 8.57. The first-order chi connectivity index (χ1) is 24.2. The molecule has 50 heavy (non-hydrogen) atoms.